The number of aromatic nitrogens is 3. The predicted molar refractivity (Wildman–Crippen MR) is 121 cm³/mol. The minimum Gasteiger partial charge on any atom is -0.406 e. The lowest BCUT2D eigenvalue weighted by molar-refractivity contribution is -0.274. The number of likely N-dealkylation sites (N-methyl/N-ethyl adjacent to an activating group) is 1. The first-order valence-electron chi connectivity index (χ1n) is 10.6. The summed E-state index contributed by atoms with van der Waals surface area (Å²) in [6, 6.07) is 6.50. The second kappa shape index (κ2) is 9.70. The van der Waals surface area contributed by atoms with Gasteiger partial charge in [-0.25, -0.2) is 9.67 Å². The number of amides is 2. The maximum Gasteiger partial charge on any atom is 0.573 e. The highest BCUT2D eigenvalue weighted by Gasteiger charge is 2.31. The zero-order valence-corrected chi connectivity index (χ0v) is 19.5. The molecule has 182 valence electrons. The van der Waals surface area contributed by atoms with Crippen molar-refractivity contribution in [1.82, 2.24) is 19.7 Å². The fraction of sp³-hybridized carbons (Fsp3) is 0.391. The van der Waals surface area contributed by atoms with Crippen LogP contribution >= 0.6 is 0 Å². The predicted octanol–water partition coefficient (Wildman–Crippen LogP) is 4.74. The van der Waals surface area contributed by atoms with Gasteiger partial charge in [-0.3, -0.25) is 9.59 Å². The molecule has 3 rings (SSSR count). The lowest BCUT2D eigenvalue weighted by Gasteiger charge is -2.19. The zero-order chi connectivity index (χ0) is 25.2. The van der Waals surface area contributed by atoms with Gasteiger partial charge in [0.1, 0.15) is 5.75 Å². The first-order chi connectivity index (χ1) is 15.9. The number of nitrogens with zero attached hydrogens (tertiary/aromatic N) is 4. The molecule has 0 fully saturated rings. The van der Waals surface area contributed by atoms with E-state index in [4.69, 9.17) is 0 Å². The van der Waals surface area contributed by atoms with Crippen molar-refractivity contribution in [2.75, 3.05) is 18.9 Å². The summed E-state index contributed by atoms with van der Waals surface area (Å²) < 4.78 is 42.4. The summed E-state index contributed by atoms with van der Waals surface area (Å²) in [7, 11) is 1.50. The average Bonchev–Trinajstić information content (AvgIpc) is 3.17. The standard InChI is InChI=1S/C23H26F3N5O3/c1-13(2)19-10-17(18-11-27-31(14(3)4)21(18)29-19)22(33)30(5)12-20(32)28-15-6-8-16(9-7-15)34-23(24,25)26/h6-11,13-14H,12H2,1-5H3,(H,28,32). The van der Waals surface area contributed by atoms with Gasteiger partial charge in [0.25, 0.3) is 5.91 Å². The number of hydrogen-bond donors (Lipinski definition) is 1. The van der Waals surface area contributed by atoms with Crippen LogP contribution in [0.5, 0.6) is 5.75 Å². The second-order valence-corrected chi connectivity index (χ2v) is 8.45. The second-order valence-electron chi connectivity index (χ2n) is 8.45. The summed E-state index contributed by atoms with van der Waals surface area (Å²) in [4.78, 5) is 31.6. The van der Waals surface area contributed by atoms with E-state index in [2.05, 4.69) is 20.1 Å². The number of hydrogen-bond acceptors (Lipinski definition) is 5. The van der Waals surface area contributed by atoms with Crippen molar-refractivity contribution in [2.45, 2.75) is 46.0 Å². The molecule has 0 aliphatic rings. The Morgan fingerprint density at radius 1 is 1.15 bits per heavy atom. The number of benzene rings is 1. The van der Waals surface area contributed by atoms with E-state index in [1.165, 1.54) is 24.1 Å². The monoisotopic (exact) mass is 477 g/mol. The van der Waals surface area contributed by atoms with Crippen molar-refractivity contribution in [1.29, 1.82) is 0 Å². The third-order valence-electron chi connectivity index (χ3n) is 5.00. The molecular formula is C23H26F3N5O3. The first kappa shape index (κ1) is 25.0. The molecule has 0 aliphatic heterocycles. The molecule has 0 unspecified atom stereocenters. The topological polar surface area (TPSA) is 89.4 Å². The van der Waals surface area contributed by atoms with E-state index >= 15 is 0 Å². The summed E-state index contributed by atoms with van der Waals surface area (Å²) >= 11 is 0. The Morgan fingerprint density at radius 2 is 1.79 bits per heavy atom. The number of nitrogens with one attached hydrogen (secondary N) is 1. The molecule has 0 saturated carbocycles. The van der Waals surface area contributed by atoms with E-state index in [1.807, 2.05) is 27.7 Å². The molecule has 3 aromatic rings. The number of rotatable bonds is 7. The number of alkyl halides is 3. The van der Waals surface area contributed by atoms with Crippen molar-refractivity contribution < 1.29 is 27.5 Å². The van der Waals surface area contributed by atoms with Crippen molar-refractivity contribution in [2.24, 2.45) is 0 Å². The van der Waals surface area contributed by atoms with Gasteiger partial charge in [0.15, 0.2) is 5.65 Å². The van der Waals surface area contributed by atoms with E-state index in [-0.39, 0.29) is 30.1 Å². The summed E-state index contributed by atoms with van der Waals surface area (Å²) in [5.74, 6) is -1.21. The van der Waals surface area contributed by atoms with Gasteiger partial charge in [0, 0.05) is 24.5 Å². The lowest BCUT2D eigenvalue weighted by Crippen LogP contribution is -2.35. The first-order valence-corrected chi connectivity index (χ1v) is 10.6. The third-order valence-corrected chi connectivity index (χ3v) is 5.00. The molecule has 1 aromatic carbocycles. The number of anilines is 1. The SMILES string of the molecule is CC(C)c1cc(C(=O)N(C)CC(=O)Nc2ccc(OC(F)(F)F)cc2)c2cnn(C(C)C)c2n1. The van der Waals surface area contributed by atoms with Crippen LogP contribution in [0.1, 0.15) is 55.7 Å². The van der Waals surface area contributed by atoms with Crippen LogP contribution in [0.4, 0.5) is 18.9 Å². The van der Waals surface area contributed by atoms with Gasteiger partial charge in [0.05, 0.1) is 23.7 Å². The molecule has 0 saturated heterocycles. The Bertz CT molecular complexity index is 1190. The maximum absolute atomic E-state index is 13.2. The zero-order valence-electron chi connectivity index (χ0n) is 19.5. The van der Waals surface area contributed by atoms with Gasteiger partial charge < -0.3 is 15.0 Å². The number of carbonyl (C=O) groups excluding carboxylic acids is 2. The average molecular weight is 477 g/mol. The summed E-state index contributed by atoms with van der Waals surface area (Å²) in [5.41, 5.74) is 2.00. The largest absolute Gasteiger partial charge is 0.573 e. The minimum absolute atomic E-state index is 0.0480. The van der Waals surface area contributed by atoms with Crippen molar-refractivity contribution in [3.05, 3.63) is 47.8 Å². The molecule has 0 bridgehead atoms. The van der Waals surface area contributed by atoms with Crippen LogP contribution in [0, 0.1) is 0 Å². The molecule has 1 N–H and O–H groups in total. The van der Waals surface area contributed by atoms with E-state index in [0.29, 0.717) is 16.6 Å². The molecule has 0 spiro atoms. The molecule has 2 aromatic heterocycles. The van der Waals surface area contributed by atoms with Crippen LogP contribution in [-0.2, 0) is 4.79 Å². The van der Waals surface area contributed by atoms with Gasteiger partial charge >= 0.3 is 6.36 Å². The van der Waals surface area contributed by atoms with Gasteiger partial charge in [-0.05, 0) is 50.1 Å². The van der Waals surface area contributed by atoms with Crippen molar-refractivity contribution in [3.63, 3.8) is 0 Å². The number of carbonyl (C=O) groups is 2. The normalized spacial score (nSPS) is 11.8. The van der Waals surface area contributed by atoms with E-state index in [1.54, 1.807) is 16.9 Å². The molecule has 0 aliphatic carbocycles. The van der Waals surface area contributed by atoms with Crippen LogP contribution in [-0.4, -0.2) is 51.4 Å². The Morgan fingerprint density at radius 3 is 2.35 bits per heavy atom. The van der Waals surface area contributed by atoms with E-state index in [0.717, 1.165) is 17.8 Å². The van der Waals surface area contributed by atoms with Crippen molar-refractivity contribution in [3.8, 4) is 5.75 Å². The quantitative estimate of drug-likeness (QED) is 0.531. The minimum atomic E-state index is -4.80. The molecule has 2 amide bonds. The third kappa shape index (κ3) is 5.83. The molecule has 0 atom stereocenters. The fourth-order valence-electron chi connectivity index (χ4n) is 3.32. The van der Waals surface area contributed by atoms with Crippen LogP contribution < -0.4 is 10.1 Å². The van der Waals surface area contributed by atoms with E-state index < -0.39 is 18.0 Å². The number of ether oxygens (including phenoxy) is 1. The summed E-state index contributed by atoms with van der Waals surface area (Å²) in [6.45, 7) is 7.62. The highest BCUT2D eigenvalue weighted by Crippen LogP contribution is 2.26. The highest BCUT2D eigenvalue weighted by molar-refractivity contribution is 6.07. The molecule has 2 heterocycles. The van der Waals surface area contributed by atoms with Gasteiger partial charge in [0.2, 0.25) is 5.91 Å². The number of pyridine rings is 1. The Labute approximate surface area is 194 Å². The Balaban J connectivity index is 1.76. The van der Waals surface area contributed by atoms with Gasteiger partial charge in [-0.15, -0.1) is 13.2 Å². The molecule has 8 nitrogen and oxygen atoms in total. The molecular weight excluding hydrogens is 451 g/mol. The van der Waals surface area contributed by atoms with Crippen LogP contribution in [0.25, 0.3) is 11.0 Å². The Hall–Kier alpha value is -3.63. The van der Waals surface area contributed by atoms with Crippen LogP contribution in [0.2, 0.25) is 0 Å². The van der Waals surface area contributed by atoms with E-state index in [9.17, 15) is 22.8 Å². The van der Waals surface area contributed by atoms with Gasteiger partial charge in [-0.1, -0.05) is 13.8 Å². The highest BCUT2D eigenvalue weighted by atomic mass is 19.4. The van der Waals surface area contributed by atoms with Crippen LogP contribution in [0.15, 0.2) is 36.5 Å². The molecule has 0 radical (unpaired) electrons. The summed E-state index contributed by atoms with van der Waals surface area (Å²) in [5, 5.41) is 7.52. The van der Waals surface area contributed by atoms with Crippen LogP contribution in [0.3, 0.4) is 0 Å². The number of fused-ring (bicyclic) bond motifs is 1. The lowest BCUT2D eigenvalue weighted by atomic mass is 10.0. The number of halogens is 3. The maximum atomic E-state index is 13.2. The molecule has 34 heavy (non-hydrogen) atoms. The molecule has 11 heteroatoms. The van der Waals surface area contributed by atoms with Crippen molar-refractivity contribution >= 4 is 28.5 Å². The summed E-state index contributed by atoms with van der Waals surface area (Å²) in [6.07, 6.45) is -3.20. The van der Waals surface area contributed by atoms with Gasteiger partial charge in [-0.2, -0.15) is 5.10 Å². The fourth-order valence-corrected chi connectivity index (χ4v) is 3.32. The smallest absolute Gasteiger partial charge is 0.406 e. The Kier molecular flexibility index (Phi) is 7.13.